The van der Waals surface area contributed by atoms with Crippen molar-refractivity contribution in [2.45, 2.75) is 148 Å². The van der Waals surface area contributed by atoms with Crippen LogP contribution in [0.3, 0.4) is 0 Å². The third-order valence-corrected chi connectivity index (χ3v) is 11.2. The molecule has 0 saturated heterocycles. The maximum Gasteiger partial charge on any atom is 0.472 e. The Hall–Kier alpha value is -3.28. The number of ether oxygens (including phenoxy) is 4. The highest BCUT2D eigenvalue weighted by Gasteiger charge is 2.29. The van der Waals surface area contributed by atoms with E-state index in [2.05, 4.69) is 6.92 Å². The fourth-order valence-corrected chi connectivity index (χ4v) is 7.31. The molecule has 0 aliphatic heterocycles. The Morgan fingerprint density at radius 2 is 1.02 bits per heavy atom. The Bertz CT molecular complexity index is 1490. The molecule has 0 bridgehead atoms. The number of phosphoric ester groups is 1. The van der Waals surface area contributed by atoms with Gasteiger partial charge in [-0.1, -0.05) is 110 Å². The van der Waals surface area contributed by atoms with Gasteiger partial charge in [0.2, 0.25) is 0 Å². The van der Waals surface area contributed by atoms with Crippen LogP contribution in [0.2, 0.25) is 0 Å². The van der Waals surface area contributed by atoms with Crippen LogP contribution in [0.25, 0.3) is 0 Å². The van der Waals surface area contributed by atoms with Gasteiger partial charge in [0.05, 0.1) is 34.9 Å². The first-order valence-corrected chi connectivity index (χ1v) is 24.0. The number of benzene rings is 2. The third-order valence-electron chi connectivity index (χ3n) is 10.2. The zero-order chi connectivity index (χ0) is 43.9. The van der Waals surface area contributed by atoms with Crippen LogP contribution in [0.5, 0.6) is 11.5 Å². The molecule has 0 spiro atoms. The SMILES string of the molecule is CCCCCCCCCCCCCC(=O)OCC(COC(=O)CCCCCCCCCCOc1ccc(C(=O)c2ccc(OC)cc2)cc1)OP(=O)(O)OCC[N+](C)(C)C. The van der Waals surface area contributed by atoms with Crippen LogP contribution < -0.4 is 9.47 Å². The molecule has 2 atom stereocenters. The van der Waals surface area contributed by atoms with Crippen molar-refractivity contribution in [3.8, 4) is 11.5 Å². The van der Waals surface area contributed by atoms with Crippen LogP contribution >= 0.6 is 7.82 Å². The van der Waals surface area contributed by atoms with Crippen LogP contribution in [-0.4, -0.2) is 94.4 Å². The van der Waals surface area contributed by atoms with Gasteiger partial charge in [-0.2, -0.15) is 0 Å². The number of nitrogens with zero attached hydrogens (tertiary/aromatic N) is 1. The molecule has 2 rings (SSSR count). The van der Waals surface area contributed by atoms with Gasteiger partial charge in [0.25, 0.3) is 0 Å². The van der Waals surface area contributed by atoms with Crippen molar-refractivity contribution in [1.29, 1.82) is 0 Å². The lowest BCUT2D eigenvalue weighted by Crippen LogP contribution is -2.37. The van der Waals surface area contributed by atoms with Gasteiger partial charge in [0.15, 0.2) is 5.78 Å². The molecule has 0 saturated carbocycles. The fraction of sp³-hybridized carbons (Fsp3) is 0.681. The number of carbonyl (C=O) groups excluding carboxylic acids is 3. The standard InChI is InChI=1S/C47H76NO11P/c1-6-7-8-9-10-11-12-13-16-19-22-25-45(49)56-38-44(59-60(52,53)58-37-35-48(2,3)4)39-57-46(50)26-23-20-17-14-15-18-21-24-36-55-43-33-29-41(30-34-43)47(51)40-27-31-42(54-5)32-28-40/h27-34,44H,6-26,35-39H2,1-5H3/p+1. The molecule has 12 nitrogen and oxygen atoms in total. The number of quaternary nitrogens is 1. The first-order valence-electron chi connectivity index (χ1n) is 22.5. The molecule has 13 heteroatoms. The van der Waals surface area contributed by atoms with E-state index in [9.17, 15) is 23.8 Å². The van der Waals surface area contributed by atoms with Crippen molar-refractivity contribution >= 4 is 25.5 Å². The van der Waals surface area contributed by atoms with Gasteiger partial charge in [-0.3, -0.25) is 23.4 Å². The summed E-state index contributed by atoms with van der Waals surface area (Å²) in [4.78, 5) is 48.1. The monoisotopic (exact) mass is 863 g/mol. The van der Waals surface area contributed by atoms with Crippen molar-refractivity contribution in [3.05, 3.63) is 59.7 Å². The highest BCUT2D eigenvalue weighted by Crippen LogP contribution is 2.44. The summed E-state index contributed by atoms with van der Waals surface area (Å²) in [5.74, 6) is 0.549. The topological polar surface area (TPSA) is 144 Å². The summed E-state index contributed by atoms with van der Waals surface area (Å²) in [6.45, 7) is 2.66. The molecular weight excluding hydrogens is 785 g/mol. The zero-order valence-corrected chi connectivity index (χ0v) is 38.4. The average Bonchev–Trinajstić information content (AvgIpc) is 3.22. The van der Waals surface area contributed by atoms with Gasteiger partial charge in [-0.05, 0) is 67.8 Å². The predicted molar refractivity (Wildman–Crippen MR) is 236 cm³/mol. The molecule has 0 aliphatic rings. The highest BCUT2D eigenvalue weighted by atomic mass is 31.2. The number of phosphoric acid groups is 1. The quantitative estimate of drug-likeness (QED) is 0.0228. The van der Waals surface area contributed by atoms with Crippen molar-refractivity contribution in [2.75, 3.05) is 61.2 Å². The molecule has 60 heavy (non-hydrogen) atoms. The zero-order valence-electron chi connectivity index (χ0n) is 37.5. The maximum absolute atomic E-state index is 12.7. The maximum atomic E-state index is 12.7. The number of esters is 2. The Morgan fingerprint density at radius 3 is 1.45 bits per heavy atom. The number of unbranched alkanes of at least 4 members (excludes halogenated alkanes) is 17. The number of rotatable bonds is 37. The summed E-state index contributed by atoms with van der Waals surface area (Å²) < 4.78 is 45.5. The van der Waals surface area contributed by atoms with Crippen LogP contribution in [0, 0.1) is 0 Å². The molecule has 0 amide bonds. The van der Waals surface area contributed by atoms with Crippen molar-refractivity contribution < 1.29 is 56.3 Å². The molecule has 1 N–H and O–H groups in total. The second-order valence-electron chi connectivity index (χ2n) is 16.7. The molecule has 2 aromatic carbocycles. The molecular formula is C47H77NO11P+. The minimum Gasteiger partial charge on any atom is -0.497 e. The van der Waals surface area contributed by atoms with Gasteiger partial charge < -0.3 is 28.3 Å². The summed E-state index contributed by atoms with van der Waals surface area (Å²) in [5, 5.41) is 0. The summed E-state index contributed by atoms with van der Waals surface area (Å²) in [5.41, 5.74) is 1.21. The Kier molecular flexibility index (Phi) is 27.8. The number of methoxy groups -OCH3 is 1. The minimum absolute atomic E-state index is 0.00966. The lowest BCUT2D eigenvalue weighted by molar-refractivity contribution is -0.870. The lowest BCUT2D eigenvalue weighted by atomic mass is 10.0. The molecule has 0 aromatic heterocycles. The first kappa shape index (κ1) is 52.9. The van der Waals surface area contributed by atoms with Gasteiger partial charge in [-0.15, -0.1) is 0 Å². The third kappa shape index (κ3) is 26.8. The summed E-state index contributed by atoms with van der Waals surface area (Å²) in [6, 6.07) is 14.3. The molecule has 340 valence electrons. The second-order valence-corrected chi connectivity index (χ2v) is 18.1. The first-order chi connectivity index (χ1) is 28.8. The van der Waals surface area contributed by atoms with Gasteiger partial charge in [-0.25, -0.2) is 4.57 Å². The highest BCUT2D eigenvalue weighted by molar-refractivity contribution is 7.47. The Morgan fingerprint density at radius 1 is 0.600 bits per heavy atom. The summed E-state index contributed by atoms with van der Waals surface area (Å²) >= 11 is 0. The van der Waals surface area contributed by atoms with Crippen molar-refractivity contribution in [3.63, 3.8) is 0 Å². The van der Waals surface area contributed by atoms with Crippen molar-refractivity contribution in [2.24, 2.45) is 0 Å². The van der Waals surface area contributed by atoms with Crippen LogP contribution in [-0.2, 0) is 32.7 Å². The van der Waals surface area contributed by atoms with Crippen molar-refractivity contribution in [1.82, 2.24) is 0 Å². The molecule has 0 heterocycles. The number of carbonyl (C=O) groups is 3. The number of likely N-dealkylation sites (N-methyl/N-ethyl adjacent to an activating group) is 1. The molecule has 0 aliphatic carbocycles. The van der Waals surface area contributed by atoms with E-state index in [-0.39, 0.29) is 38.4 Å². The van der Waals surface area contributed by atoms with Gasteiger partial charge in [0.1, 0.15) is 44.0 Å². The average molecular weight is 863 g/mol. The van der Waals surface area contributed by atoms with Crippen LogP contribution in [0.15, 0.2) is 48.5 Å². The number of hydrogen-bond acceptors (Lipinski definition) is 10. The molecule has 2 unspecified atom stereocenters. The molecule has 0 radical (unpaired) electrons. The predicted octanol–water partition coefficient (Wildman–Crippen LogP) is 10.8. The Balaban J connectivity index is 1.59. The van der Waals surface area contributed by atoms with Crippen LogP contribution in [0.1, 0.15) is 158 Å². The van der Waals surface area contributed by atoms with E-state index >= 15 is 0 Å². The van der Waals surface area contributed by atoms with Crippen LogP contribution in [0.4, 0.5) is 0 Å². The fourth-order valence-electron chi connectivity index (χ4n) is 6.44. The van der Waals surface area contributed by atoms with E-state index in [1.54, 1.807) is 43.5 Å². The second kappa shape index (κ2) is 31.5. The normalized spacial score (nSPS) is 13.0. The van der Waals surface area contributed by atoms with E-state index in [4.69, 9.17) is 28.0 Å². The Labute approximate surface area is 361 Å². The van der Waals surface area contributed by atoms with E-state index < -0.39 is 25.9 Å². The van der Waals surface area contributed by atoms with Gasteiger partial charge in [0, 0.05) is 24.0 Å². The summed E-state index contributed by atoms with van der Waals surface area (Å²) in [6.07, 6.45) is 20.1. The van der Waals surface area contributed by atoms with E-state index in [0.29, 0.717) is 47.4 Å². The minimum atomic E-state index is -4.49. The summed E-state index contributed by atoms with van der Waals surface area (Å²) in [7, 11) is 2.90. The largest absolute Gasteiger partial charge is 0.497 e. The number of ketones is 1. The number of hydrogen-bond donors (Lipinski definition) is 1. The van der Waals surface area contributed by atoms with E-state index in [0.717, 1.165) is 63.5 Å². The van der Waals surface area contributed by atoms with E-state index in [1.807, 2.05) is 33.3 Å². The smallest absolute Gasteiger partial charge is 0.472 e. The molecule has 2 aromatic rings. The van der Waals surface area contributed by atoms with E-state index in [1.165, 1.54) is 51.4 Å². The van der Waals surface area contributed by atoms with Gasteiger partial charge >= 0.3 is 19.8 Å². The molecule has 0 fully saturated rings. The lowest BCUT2D eigenvalue weighted by Gasteiger charge is -2.25.